The molecule has 0 saturated heterocycles. The van der Waals surface area contributed by atoms with E-state index in [1.807, 2.05) is 6.07 Å². The van der Waals surface area contributed by atoms with Gasteiger partial charge in [0.1, 0.15) is 0 Å². The van der Waals surface area contributed by atoms with Crippen LogP contribution in [0.5, 0.6) is 0 Å². The van der Waals surface area contributed by atoms with E-state index in [1.165, 1.54) is 16.8 Å². The fourth-order valence-corrected chi connectivity index (χ4v) is 2.39. The molecule has 0 amide bonds. The third-order valence-electron chi connectivity index (χ3n) is 3.25. The Hall–Kier alpha value is -1.78. The van der Waals surface area contributed by atoms with Gasteiger partial charge in [0.05, 0.1) is 0 Å². The molecule has 2 aliphatic rings. The number of nitrogens with zero attached hydrogens (tertiary/aromatic N) is 2. The first-order valence-electron chi connectivity index (χ1n) is 5.75. The molecule has 1 aromatic rings. The van der Waals surface area contributed by atoms with E-state index < -0.39 is 5.97 Å². The summed E-state index contributed by atoms with van der Waals surface area (Å²) >= 11 is 0. The molecule has 1 aromatic heterocycles. The topological polar surface area (TPSA) is 45.5 Å². The number of aromatic nitrogens is 1. The summed E-state index contributed by atoms with van der Waals surface area (Å²) in [4.78, 5) is 12.8. The van der Waals surface area contributed by atoms with Crippen molar-refractivity contribution in [1.29, 1.82) is 0 Å². The summed E-state index contributed by atoms with van der Waals surface area (Å²) in [6.07, 6.45) is 5.09. The Bertz CT molecular complexity index is 530. The number of carboxylic acid groups (broad SMARTS) is 1. The SMILES string of the molecule is O=C(O)CCC1=BC2=Cc3cccn3CN2C1. The first-order valence-corrected chi connectivity index (χ1v) is 5.75. The van der Waals surface area contributed by atoms with Gasteiger partial charge in [0.15, 0.2) is 0 Å². The molecule has 5 heteroatoms. The predicted octanol–water partition coefficient (Wildman–Crippen LogP) is 0.815. The van der Waals surface area contributed by atoms with Gasteiger partial charge in [0, 0.05) is 0 Å². The number of hydrogen-bond donors (Lipinski definition) is 1. The van der Waals surface area contributed by atoms with Crippen molar-refractivity contribution in [2.24, 2.45) is 0 Å². The molecule has 0 fully saturated rings. The summed E-state index contributed by atoms with van der Waals surface area (Å²) < 4.78 is 2.19. The number of hydrogen-bond acceptors (Lipinski definition) is 2. The van der Waals surface area contributed by atoms with E-state index in [9.17, 15) is 4.79 Å². The van der Waals surface area contributed by atoms with Crippen LogP contribution in [-0.2, 0) is 11.5 Å². The molecule has 2 aliphatic heterocycles. The molecule has 0 saturated carbocycles. The molecule has 0 bridgehead atoms. The van der Waals surface area contributed by atoms with Crippen LogP contribution in [0.3, 0.4) is 0 Å². The summed E-state index contributed by atoms with van der Waals surface area (Å²) in [6, 6.07) is 4.14. The third-order valence-corrected chi connectivity index (χ3v) is 3.25. The van der Waals surface area contributed by atoms with Crippen LogP contribution < -0.4 is 0 Å². The van der Waals surface area contributed by atoms with Crippen molar-refractivity contribution in [1.82, 2.24) is 9.47 Å². The summed E-state index contributed by atoms with van der Waals surface area (Å²) in [5.74, 6) is -0.726. The Morgan fingerprint density at radius 2 is 2.41 bits per heavy atom. The number of carboxylic acids is 1. The fourth-order valence-electron chi connectivity index (χ4n) is 2.39. The molecule has 17 heavy (non-hydrogen) atoms. The van der Waals surface area contributed by atoms with E-state index in [2.05, 4.69) is 34.7 Å². The van der Waals surface area contributed by atoms with Crippen molar-refractivity contribution in [2.45, 2.75) is 19.5 Å². The average Bonchev–Trinajstić information content (AvgIpc) is 2.87. The quantitative estimate of drug-likeness (QED) is 0.779. The second-order valence-electron chi connectivity index (χ2n) is 4.51. The molecular formula is C12H13BN2O2. The van der Waals surface area contributed by atoms with Crippen LogP contribution in [0.15, 0.2) is 23.9 Å². The standard InChI is InChI=1S/C12H13BN2O2/c16-12(17)4-3-9-7-15-8-14-5-1-2-10(14)6-11(15)13-9/h1-2,5-6H,3-4,7-8H2,(H,16,17). The maximum atomic E-state index is 10.5. The van der Waals surface area contributed by atoms with Gasteiger partial charge in [-0.15, -0.1) is 0 Å². The number of aliphatic carboxylic acids is 1. The summed E-state index contributed by atoms with van der Waals surface area (Å²) in [7, 11) is 0. The maximum absolute atomic E-state index is 10.5. The van der Waals surface area contributed by atoms with Gasteiger partial charge in [-0.05, 0) is 0 Å². The second-order valence-corrected chi connectivity index (χ2v) is 4.51. The van der Waals surface area contributed by atoms with Gasteiger partial charge in [0.2, 0.25) is 0 Å². The van der Waals surface area contributed by atoms with E-state index >= 15 is 0 Å². The van der Waals surface area contributed by atoms with Crippen molar-refractivity contribution in [3.63, 3.8) is 0 Å². The zero-order valence-electron chi connectivity index (χ0n) is 9.47. The van der Waals surface area contributed by atoms with Crippen LogP contribution in [0, 0.1) is 0 Å². The van der Waals surface area contributed by atoms with E-state index in [4.69, 9.17) is 5.11 Å². The van der Waals surface area contributed by atoms with E-state index in [0.29, 0.717) is 6.42 Å². The monoisotopic (exact) mass is 228 g/mol. The Morgan fingerprint density at radius 1 is 1.53 bits per heavy atom. The molecular weight excluding hydrogens is 215 g/mol. The van der Waals surface area contributed by atoms with Crippen molar-refractivity contribution in [3.8, 4) is 0 Å². The van der Waals surface area contributed by atoms with Crippen LogP contribution in [0.25, 0.3) is 6.08 Å². The minimum atomic E-state index is -0.726. The fraction of sp³-hybridized carbons (Fsp3) is 0.333. The second kappa shape index (κ2) is 3.91. The van der Waals surface area contributed by atoms with Gasteiger partial charge in [0.25, 0.3) is 0 Å². The first-order chi connectivity index (χ1) is 8.22. The Morgan fingerprint density at radius 3 is 3.24 bits per heavy atom. The van der Waals surface area contributed by atoms with E-state index in [0.717, 1.165) is 13.2 Å². The Balaban J connectivity index is 1.78. The van der Waals surface area contributed by atoms with Crippen LogP contribution in [-0.4, -0.2) is 39.5 Å². The summed E-state index contributed by atoms with van der Waals surface area (Å²) in [5, 5.41) is 8.68. The zero-order valence-corrected chi connectivity index (χ0v) is 9.47. The van der Waals surface area contributed by atoms with E-state index in [-0.39, 0.29) is 6.42 Å². The Kier molecular flexibility index (Phi) is 2.39. The average molecular weight is 228 g/mol. The van der Waals surface area contributed by atoms with Crippen LogP contribution in [0.2, 0.25) is 0 Å². The molecule has 0 aliphatic carbocycles. The van der Waals surface area contributed by atoms with Crippen LogP contribution >= 0.6 is 0 Å². The first kappa shape index (κ1) is 10.4. The van der Waals surface area contributed by atoms with Gasteiger partial charge in [-0.1, -0.05) is 0 Å². The van der Waals surface area contributed by atoms with Crippen molar-refractivity contribution < 1.29 is 9.90 Å². The Labute approximate surface area is 100 Å². The van der Waals surface area contributed by atoms with Crippen molar-refractivity contribution in [2.75, 3.05) is 6.54 Å². The number of rotatable bonds is 3. The summed E-state index contributed by atoms with van der Waals surface area (Å²) in [6.45, 7) is 3.84. The molecule has 0 aromatic carbocycles. The minimum absolute atomic E-state index is 0.221. The van der Waals surface area contributed by atoms with Crippen molar-refractivity contribution in [3.05, 3.63) is 29.6 Å². The number of carbonyl (C=O) groups is 1. The predicted molar refractivity (Wildman–Crippen MR) is 66.7 cm³/mol. The molecule has 0 radical (unpaired) electrons. The molecule has 3 rings (SSSR count). The molecule has 1 N–H and O–H groups in total. The normalized spacial score (nSPS) is 16.8. The zero-order chi connectivity index (χ0) is 11.8. The molecule has 0 spiro atoms. The van der Waals surface area contributed by atoms with Gasteiger partial charge in [-0.2, -0.15) is 0 Å². The number of fused-ring (bicyclic) bond motifs is 2. The van der Waals surface area contributed by atoms with Gasteiger partial charge < -0.3 is 0 Å². The third kappa shape index (κ3) is 1.93. The molecule has 4 nitrogen and oxygen atoms in total. The molecule has 86 valence electrons. The molecule has 3 heterocycles. The van der Waals surface area contributed by atoms with Crippen molar-refractivity contribution >= 4 is 24.4 Å². The molecule has 0 unspecified atom stereocenters. The van der Waals surface area contributed by atoms with Gasteiger partial charge in [-0.3, -0.25) is 0 Å². The van der Waals surface area contributed by atoms with E-state index in [1.54, 1.807) is 0 Å². The van der Waals surface area contributed by atoms with Gasteiger partial charge in [-0.25, -0.2) is 0 Å². The van der Waals surface area contributed by atoms with Crippen LogP contribution in [0.4, 0.5) is 0 Å². The van der Waals surface area contributed by atoms with Crippen LogP contribution in [0.1, 0.15) is 18.5 Å². The molecule has 0 atom stereocenters. The van der Waals surface area contributed by atoms with Gasteiger partial charge >= 0.3 is 99.5 Å². The summed E-state index contributed by atoms with van der Waals surface area (Å²) in [5.41, 5.74) is 3.63.